The average Bonchev–Trinajstić information content (AvgIpc) is 2.45. The number of azide groups is 1. The normalized spacial score (nSPS) is 32.7. The molecule has 3 aliphatic rings. The van der Waals surface area contributed by atoms with E-state index >= 15 is 0 Å². The number of hydrogen-bond donors (Lipinski definition) is 1. The van der Waals surface area contributed by atoms with Crippen LogP contribution in [0.2, 0.25) is 0 Å². The summed E-state index contributed by atoms with van der Waals surface area (Å²) in [5.74, 6) is 0.160. The topological polar surface area (TPSA) is 90.3 Å². The Labute approximate surface area is 112 Å². The lowest BCUT2D eigenvalue weighted by Crippen LogP contribution is -2.70. The molecule has 0 aromatic rings. The molecule has 1 atom stereocenters. The standard InChI is InChI=1S/C12H21N5O2/c1-2-19-11(18)12(14-5-6-15-16-13)9-17-7-3-10(12)4-8-17/h10,14H,2-9H2,1H3. The van der Waals surface area contributed by atoms with Crippen LogP contribution in [-0.4, -0.2) is 55.7 Å². The Bertz CT molecular complexity index is 374. The first-order valence-corrected chi connectivity index (χ1v) is 6.88. The third-order valence-corrected chi connectivity index (χ3v) is 4.11. The van der Waals surface area contributed by atoms with Gasteiger partial charge in [0.2, 0.25) is 0 Å². The number of hydrogen-bond acceptors (Lipinski definition) is 5. The fraction of sp³-hybridized carbons (Fsp3) is 0.917. The molecule has 106 valence electrons. The molecule has 1 N–H and O–H groups in total. The number of carbonyl (C=O) groups is 1. The fourth-order valence-electron chi connectivity index (χ4n) is 3.20. The van der Waals surface area contributed by atoms with Gasteiger partial charge in [-0.3, -0.25) is 0 Å². The van der Waals surface area contributed by atoms with Crippen molar-refractivity contribution in [1.29, 1.82) is 0 Å². The van der Waals surface area contributed by atoms with Crippen molar-refractivity contribution in [3.63, 3.8) is 0 Å². The molecule has 1 unspecified atom stereocenters. The number of nitrogens with one attached hydrogen (secondary N) is 1. The predicted molar refractivity (Wildman–Crippen MR) is 70.5 cm³/mol. The van der Waals surface area contributed by atoms with E-state index in [0.717, 1.165) is 25.9 Å². The molecule has 0 saturated carbocycles. The molecule has 3 rings (SSSR count). The second-order valence-electron chi connectivity index (χ2n) is 5.12. The van der Waals surface area contributed by atoms with E-state index in [4.69, 9.17) is 10.3 Å². The van der Waals surface area contributed by atoms with E-state index in [-0.39, 0.29) is 5.97 Å². The number of ether oxygens (including phenoxy) is 1. The van der Waals surface area contributed by atoms with Crippen LogP contribution < -0.4 is 5.32 Å². The highest BCUT2D eigenvalue weighted by Gasteiger charge is 2.52. The second-order valence-corrected chi connectivity index (χ2v) is 5.12. The van der Waals surface area contributed by atoms with Gasteiger partial charge < -0.3 is 15.0 Å². The number of nitrogens with zero attached hydrogens (tertiary/aromatic N) is 4. The van der Waals surface area contributed by atoms with Crippen LogP contribution in [0.25, 0.3) is 10.4 Å². The van der Waals surface area contributed by atoms with E-state index in [0.29, 0.717) is 32.2 Å². The van der Waals surface area contributed by atoms with Gasteiger partial charge in [0.25, 0.3) is 0 Å². The summed E-state index contributed by atoms with van der Waals surface area (Å²) in [4.78, 5) is 17.4. The third-order valence-electron chi connectivity index (χ3n) is 4.11. The summed E-state index contributed by atoms with van der Waals surface area (Å²) in [5.41, 5.74) is 7.68. The van der Waals surface area contributed by atoms with Crippen molar-refractivity contribution in [1.82, 2.24) is 10.2 Å². The molecule has 0 aliphatic carbocycles. The van der Waals surface area contributed by atoms with Crippen molar-refractivity contribution in [3.8, 4) is 0 Å². The number of esters is 1. The molecule has 2 bridgehead atoms. The van der Waals surface area contributed by atoms with E-state index in [1.807, 2.05) is 6.92 Å². The molecule has 3 fully saturated rings. The maximum Gasteiger partial charge on any atom is 0.327 e. The van der Waals surface area contributed by atoms with Gasteiger partial charge in [-0.1, -0.05) is 5.11 Å². The minimum absolute atomic E-state index is 0.162. The lowest BCUT2D eigenvalue weighted by Gasteiger charge is -2.51. The molecule has 3 heterocycles. The Morgan fingerprint density at radius 3 is 2.84 bits per heavy atom. The quantitative estimate of drug-likeness (QED) is 0.255. The molecule has 0 radical (unpaired) electrons. The van der Waals surface area contributed by atoms with Gasteiger partial charge in [0, 0.05) is 24.5 Å². The van der Waals surface area contributed by atoms with Crippen LogP contribution >= 0.6 is 0 Å². The number of rotatable bonds is 6. The Morgan fingerprint density at radius 2 is 2.32 bits per heavy atom. The molecule has 7 nitrogen and oxygen atoms in total. The highest BCUT2D eigenvalue weighted by molar-refractivity contribution is 5.82. The monoisotopic (exact) mass is 267 g/mol. The number of piperidine rings is 3. The summed E-state index contributed by atoms with van der Waals surface area (Å²) in [6.45, 7) is 5.90. The Morgan fingerprint density at radius 1 is 1.58 bits per heavy atom. The van der Waals surface area contributed by atoms with Crippen LogP contribution in [0.4, 0.5) is 0 Å². The van der Waals surface area contributed by atoms with Crippen LogP contribution in [-0.2, 0) is 9.53 Å². The van der Waals surface area contributed by atoms with Gasteiger partial charge in [0.1, 0.15) is 5.54 Å². The van der Waals surface area contributed by atoms with Crippen molar-refractivity contribution in [2.75, 3.05) is 39.3 Å². The Kier molecular flexibility index (Phi) is 4.63. The molecule has 3 saturated heterocycles. The van der Waals surface area contributed by atoms with Crippen LogP contribution in [0.1, 0.15) is 19.8 Å². The minimum atomic E-state index is -0.614. The Balaban J connectivity index is 2.08. The van der Waals surface area contributed by atoms with Crippen LogP contribution in [0.15, 0.2) is 5.11 Å². The molecule has 0 spiro atoms. The van der Waals surface area contributed by atoms with Gasteiger partial charge in [-0.25, -0.2) is 4.79 Å². The zero-order chi connectivity index (χ0) is 13.7. The van der Waals surface area contributed by atoms with E-state index < -0.39 is 5.54 Å². The van der Waals surface area contributed by atoms with E-state index in [2.05, 4.69) is 20.2 Å². The van der Waals surface area contributed by atoms with Gasteiger partial charge in [0.15, 0.2) is 0 Å². The molecule has 0 amide bonds. The van der Waals surface area contributed by atoms with Gasteiger partial charge in [-0.2, -0.15) is 0 Å². The van der Waals surface area contributed by atoms with E-state index in [1.54, 1.807) is 0 Å². The van der Waals surface area contributed by atoms with Crippen molar-refractivity contribution < 1.29 is 9.53 Å². The lowest BCUT2D eigenvalue weighted by atomic mass is 9.72. The first kappa shape index (κ1) is 14.1. The van der Waals surface area contributed by atoms with Crippen LogP contribution in [0.3, 0.4) is 0 Å². The minimum Gasteiger partial charge on any atom is -0.465 e. The van der Waals surface area contributed by atoms with E-state index in [9.17, 15) is 4.79 Å². The molecule has 3 aliphatic heterocycles. The second kappa shape index (κ2) is 6.23. The fourth-order valence-corrected chi connectivity index (χ4v) is 3.20. The van der Waals surface area contributed by atoms with Gasteiger partial charge in [0.05, 0.1) is 6.61 Å². The van der Waals surface area contributed by atoms with Gasteiger partial charge in [-0.15, -0.1) is 0 Å². The summed E-state index contributed by atoms with van der Waals surface area (Å²) in [6, 6.07) is 0. The van der Waals surface area contributed by atoms with Crippen molar-refractivity contribution >= 4 is 5.97 Å². The first-order chi connectivity index (χ1) is 9.23. The summed E-state index contributed by atoms with van der Waals surface area (Å²) in [5, 5.41) is 6.81. The Hall–Kier alpha value is -1.30. The van der Waals surface area contributed by atoms with Gasteiger partial charge >= 0.3 is 5.97 Å². The predicted octanol–water partition coefficient (Wildman–Crippen LogP) is 0.914. The maximum atomic E-state index is 12.4. The molecule has 0 aromatic carbocycles. The molecular weight excluding hydrogens is 246 g/mol. The smallest absolute Gasteiger partial charge is 0.327 e. The zero-order valence-corrected chi connectivity index (χ0v) is 11.3. The number of fused-ring (bicyclic) bond motifs is 3. The zero-order valence-electron chi connectivity index (χ0n) is 11.3. The van der Waals surface area contributed by atoms with Crippen molar-refractivity contribution in [2.24, 2.45) is 11.0 Å². The largest absolute Gasteiger partial charge is 0.465 e. The molecule has 0 aromatic heterocycles. The highest BCUT2D eigenvalue weighted by Crippen LogP contribution is 2.36. The summed E-state index contributed by atoms with van der Waals surface area (Å²) < 4.78 is 5.26. The first-order valence-electron chi connectivity index (χ1n) is 6.88. The summed E-state index contributed by atoms with van der Waals surface area (Å²) in [6.07, 6.45) is 2.04. The number of carbonyl (C=O) groups excluding carboxylic acids is 1. The average molecular weight is 267 g/mol. The van der Waals surface area contributed by atoms with Crippen LogP contribution in [0, 0.1) is 5.92 Å². The van der Waals surface area contributed by atoms with E-state index in [1.165, 1.54) is 0 Å². The molecular formula is C12H21N5O2. The maximum absolute atomic E-state index is 12.4. The lowest BCUT2D eigenvalue weighted by molar-refractivity contribution is -0.160. The SMILES string of the molecule is CCOC(=O)C1(NCCN=[N+]=[N-])CN2CCC1CC2. The van der Waals surface area contributed by atoms with Crippen molar-refractivity contribution in [3.05, 3.63) is 10.4 Å². The summed E-state index contributed by atoms with van der Waals surface area (Å²) in [7, 11) is 0. The summed E-state index contributed by atoms with van der Waals surface area (Å²) >= 11 is 0. The van der Waals surface area contributed by atoms with Gasteiger partial charge in [-0.05, 0) is 44.3 Å². The highest BCUT2D eigenvalue weighted by atomic mass is 16.5. The third kappa shape index (κ3) is 2.83. The molecule has 19 heavy (non-hydrogen) atoms. The van der Waals surface area contributed by atoms with Crippen LogP contribution in [0.5, 0.6) is 0 Å². The molecule has 7 heteroatoms. The van der Waals surface area contributed by atoms with Crippen molar-refractivity contribution in [2.45, 2.75) is 25.3 Å².